The lowest BCUT2D eigenvalue weighted by atomic mass is 9.92. The van der Waals surface area contributed by atoms with Crippen molar-refractivity contribution in [3.05, 3.63) is 59.7 Å². The summed E-state index contributed by atoms with van der Waals surface area (Å²) in [6.07, 6.45) is 3.44. The maximum absolute atomic E-state index is 13.0. The van der Waals surface area contributed by atoms with Crippen LogP contribution in [0.3, 0.4) is 0 Å². The average Bonchev–Trinajstić information content (AvgIpc) is 3.26. The molecule has 0 aliphatic rings. The Morgan fingerprint density at radius 2 is 1.91 bits per heavy atom. The third kappa shape index (κ3) is 5.67. The number of carbonyl (C=O) groups excluding carboxylic acids is 1. The van der Waals surface area contributed by atoms with Crippen LogP contribution in [0.15, 0.2) is 47.8 Å². The number of ether oxygens (including phenoxy) is 2. The highest BCUT2D eigenvalue weighted by Crippen LogP contribution is 2.27. The molecule has 3 aromatic heterocycles. The SMILES string of the molecule is CCOc1nc(C(=O)NS(=O)(=O)c2nc(C(C)(C)C)ccc2OC)ccc1Cn1cccn1. The molecule has 33 heavy (non-hydrogen) atoms. The van der Waals surface area contributed by atoms with Gasteiger partial charge in [-0.05, 0) is 37.3 Å². The molecule has 3 aromatic rings. The van der Waals surface area contributed by atoms with E-state index in [4.69, 9.17) is 9.47 Å². The first-order valence-corrected chi connectivity index (χ1v) is 11.8. The summed E-state index contributed by atoms with van der Waals surface area (Å²) in [6, 6.07) is 8.08. The van der Waals surface area contributed by atoms with E-state index in [1.807, 2.05) is 25.5 Å². The smallest absolute Gasteiger partial charge is 0.285 e. The molecule has 3 heterocycles. The Bertz CT molecular complexity index is 1230. The predicted octanol–water partition coefficient (Wildman–Crippen LogP) is 2.54. The Morgan fingerprint density at radius 3 is 2.52 bits per heavy atom. The Hall–Kier alpha value is -3.47. The minimum atomic E-state index is -4.34. The molecule has 0 fully saturated rings. The Morgan fingerprint density at radius 1 is 1.15 bits per heavy atom. The lowest BCUT2D eigenvalue weighted by Crippen LogP contribution is -2.32. The predicted molar refractivity (Wildman–Crippen MR) is 121 cm³/mol. The topological polar surface area (TPSA) is 125 Å². The second kappa shape index (κ2) is 9.57. The number of amides is 1. The van der Waals surface area contributed by atoms with E-state index in [2.05, 4.69) is 15.1 Å². The maximum Gasteiger partial charge on any atom is 0.285 e. The van der Waals surface area contributed by atoms with Gasteiger partial charge in [-0.3, -0.25) is 9.48 Å². The van der Waals surface area contributed by atoms with E-state index in [1.54, 1.807) is 42.2 Å². The molecular formula is C22H27N5O5S. The molecule has 0 unspecified atom stereocenters. The summed E-state index contributed by atoms with van der Waals surface area (Å²) < 4.78 is 40.5. The lowest BCUT2D eigenvalue weighted by molar-refractivity contribution is 0.0975. The van der Waals surface area contributed by atoms with Gasteiger partial charge in [0.25, 0.3) is 15.9 Å². The number of hydrogen-bond acceptors (Lipinski definition) is 8. The molecule has 0 aliphatic carbocycles. The van der Waals surface area contributed by atoms with Crippen molar-refractivity contribution in [1.82, 2.24) is 24.5 Å². The van der Waals surface area contributed by atoms with Crippen molar-refractivity contribution in [1.29, 1.82) is 0 Å². The van der Waals surface area contributed by atoms with Crippen LogP contribution >= 0.6 is 0 Å². The van der Waals surface area contributed by atoms with Crippen LogP contribution in [0, 0.1) is 0 Å². The minimum Gasteiger partial charge on any atom is -0.494 e. The van der Waals surface area contributed by atoms with E-state index in [0.717, 1.165) is 0 Å². The van der Waals surface area contributed by atoms with Gasteiger partial charge in [0.15, 0.2) is 5.75 Å². The molecule has 0 saturated carbocycles. The van der Waals surface area contributed by atoms with E-state index < -0.39 is 21.3 Å². The maximum atomic E-state index is 13.0. The van der Waals surface area contributed by atoms with Gasteiger partial charge in [-0.25, -0.2) is 14.7 Å². The monoisotopic (exact) mass is 473 g/mol. The molecule has 1 amide bonds. The largest absolute Gasteiger partial charge is 0.494 e. The Balaban J connectivity index is 1.91. The van der Waals surface area contributed by atoms with Crippen molar-refractivity contribution in [2.45, 2.75) is 44.7 Å². The van der Waals surface area contributed by atoms with Gasteiger partial charge < -0.3 is 9.47 Å². The molecule has 0 radical (unpaired) electrons. The summed E-state index contributed by atoms with van der Waals surface area (Å²) in [6.45, 7) is 8.21. The van der Waals surface area contributed by atoms with E-state index in [0.29, 0.717) is 24.4 Å². The van der Waals surface area contributed by atoms with E-state index in [9.17, 15) is 13.2 Å². The fraction of sp³-hybridized carbons (Fsp3) is 0.364. The van der Waals surface area contributed by atoms with Crippen LogP contribution in [0.4, 0.5) is 0 Å². The highest BCUT2D eigenvalue weighted by atomic mass is 32.2. The van der Waals surface area contributed by atoms with Crippen molar-refractivity contribution >= 4 is 15.9 Å². The van der Waals surface area contributed by atoms with E-state index in [-0.39, 0.29) is 22.3 Å². The molecular weight excluding hydrogens is 446 g/mol. The second-order valence-electron chi connectivity index (χ2n) is 8.19. The molecule has 10 nitrogen and oxygen atoms in total. The lowest BCUT2D eigenvalue weighted by Gasteiger charge is -2.19. The van der Waals surface area contributed by atoms with Crippen molar-refractivity contribution in [2.24, 2.45) is 0 Å². The van der Waals surface area contributed by atoms with Gasteiger partial charge in [-0.2, -0.15) is 13.5 Å². The molecule has 0 spiro atoms. The quantitative estimate of drug-likeness (QED) is 0.529. The van der Waals surface area contributed by atoms with E-state index >= 15 is 0 Å². The standard InChI is InChI=1S/C22H27N5O5S/c1-6-32-20-15(14-27-13-7-12-23-27)8-9-16(24-20)19(28)26-33(29,30)21-17(31-5)10-11-18(25-21)22(2,3)4/h7-13H,6,14H2,1-5H3,(H,26,28). The highest BCUT2D eigenvalue weighted by Gasteiger charge is 2.28. The summed E-state index contributed by atoms with van der Waals surface area (Å²) in [7, 11) is -3.00. The zero-order valence-electron chi connectivity index (χ0n) is 19.2. The van der Waals surface area contributed by atoms with Crippen molar-refractivity contribution < 1.29 is 22.7 Å². The highest BCUT2D eigenvalue weighted by molar-refractivity contribution is 7.90. The van der Waals surface area contributed by atoms with Crippen LogP contribution in [0.2, 0.25) is 0 Å². The van der Waals surface area contributed by atoms with Crippen molar-refractivity contribution in [3.8, 4) is 11.6 Å². The molecule has 0 bridgehead atoms. The third-order valence-corrected chi connectivity index (χ3v) is 5.90. The molecule has 176 valence electrons. The van der Waals surface area contributed by atoms with Gasteiger partial charge in [0, 0.05) is 29.1 Å². The number of nitrogens with one attached hydrogen (secondary N) is 1. The number of rotatable bonds is 8. The summed E-state index contributed by atoms with van der Waals surface area (Å²) in [5.41, 5.74) is 0.716. The molecule has 0 aromatic carbocycles. The van der Waals surface area contributed by atoms with Crippen LogP contribution in [0.5, 0.6) is 11.6 Å². The van der Waals surface area contributed by atoms with Crippen molar-refractivity contribution in [3.63, 3.8) is 0 Å². The van der Waals surface area contributed by atoms with Gasteiger partial charge in [0.2, 0.25) is 10.9 Å². The summed E-state index contributed by atoms with van der Waals surface area (Å²) in [5.74, 6) is -0.657. The number of methoxy groups -OCH3 is 1. The van der Waals surface area contributed by atoms with Crippen LogP contribution in [-0.4, -0.2) is 47.8 Å². The van der Waals surface area contributed by atoms with Crippen LogP contribution in [0.25, 0.3) is 0 Å². The van der Waals surface area contributed by atoms with Gasteiger partial charge in [0.1, 0.15) is 5.69 Å². The summed E-state index contributed by atoms with van der Waals surface area (Å²) >= 11 is 0. The molecule has 0 saturated heterocycles. The molecule has 0 aliphatic heterocycles. The minimum absolute atomic E-state index is 0.0286. The van der Waals surface area contributed by atoms with Crippen LogP contribution in [-0.2, 0) is 22.0 Å². The Kier molecular flexibility index (Phi) is 7.01. The molecule has 1 N–H and O–H groups in total. The molecule has 3 rings (SSSR count). The summed E-state index contributed by atoms with van der Waals surface area (Å²) in [5, 5.41) is 3.78. The van der Waals surface area contributed by atoms with Crippen molar-refractivity contribution in [2.75, 3.05) is 13.7 Å². The fourth-order valence-electron chi connectivity index (χ4n) is 2.96. The van der Waals surface area contributed by atoms with E-state index in [1.165, 1.54) is 19.2 Å². The van der Waals surface area contributed by atoms with Crippen LogP contribution < -0.4 is 14.2 Å². The van der Waals surface area contributed by atoms with Gasteiger partial charge in [-0.1, -0.05) is 20.8 Å². The second-order valence-corrected chi connectivity index (χ2v) is 9.78. The summed E-state index contributed by atoms with van der Waals surface area (Å²) in [4.78, 5) is 21.3. The number of nitrogens with zero attached hydrogens (tertiary/aromatic N) is 4. The number of sulfonamides is 1. The number of carbonyl (C=O) groups is 1. The van der Waals surface area contributed by atoms with Gasteiger partial charge in [-0.15, -0.1) is 0 Å². The number of hydrogen-bond donors (Lipinski definition) is 1. The Labute approximate surface area is 193 Å². The van der Waals surface area contributed by atoms with Gasteiger partial charge >= 0.3 is 0 Å². The first-order chi connectivity index (χ1) is 15.5. The zero-order valence-corrected chi connectivity index (χ0v) is 20.0. The normalized spacial score (nSPS) is 11.8. The average molecular weight is 474 g/mol. The zero-order chi connectivity index (χ0) is 24.2. The molecule has 11 heteroatoms. The molecule has 0 atom stereocenters. The third-order valence-electron chi connectivity index (χ3n) is 4.64. The number of pyridine rings is 2. The first kappa shape index (κ1) is 24.2. The van der Waals surface area contributed by atoms with Gasteiger partial charge in [0.05, 0.1) is 20.3 Å². The first-order valence-electron chi connectivity index (χ1n) is 10.3. The van der Waals surface area contributed by atoms with Crippen LogP contribution in [0.1, 0.15) is 49.4 Å². The number of aromatic nitrogens is 4. The fourth-order valence-corrected chi connectivity index (χ4v) is 4.04.